The lowest BCUT2D eigenvalue weighted by Gasteiger charge is -2.25. The number of nitro groups is 1. The Labute approximate surface area is 151 Å². The SMILES string of the molecule is CCOC(=O)C1CC1(C(=O)OC(C)(C)C)c1ccc([N+](=O)[O-])c(OC)c1. The van der Waals surface area contributed by atoms with E-state index in [1.54, 1.807) is 27.7 Å². The van der Waals surface area contributed by atoms with E-state index in [0.717, 1.165) is 0 Å². The average molecular weight is 365 g/mol. The zero-order valence-electron chi connectivity index (χ0n) is 15.5. The fourth-order valence-electron chi connectivity index (χ4n) is 2.93. The van der Waals surface area contributed by atoms with Gasteiger partial charge in [0.2, 0.25) is 0 Å². The quantitative estimate of drug-likeness (QED) is 0.433. The van der Waals surface area contributed by atoms with E-state index in [1.807, 2.05) is 0 Å². The Morgan fingerprint density at radius 2 is 2.00 bits per heavy atom. The summed E-state index contributed by atoms with van der Waals surface area (Å²) in [5.41, 5.74) is -1.74. The lowest BCUT2D eigenvalue weighted by atomic mass is 9.92. The third kappa shape index (κ3) is 3.63. The fourth-order valence-corrected chi connectivity index (χ4v) is 2.93. The first-order valence-corrected chi connectivity index (χ1v) is 8.29. The molecule has 2 unspecified atom stereocenters. The first kappa shape index (κ1) is 19.7. The molecule has 0 heterocycles. The molecule has 0 N–H and O–H groups in total. The molecule has 2 rings (SSSR count). The van der Waals surface area contributed by atoms with Crippen LogP contribution in [0.15, 0.2) is 18.2 Å². The number of nitro benzene ring substituents is 1. The van der Waals surface area contributed by atoms with Gasteiger partial charge >= 0.3 is 17.6 Å². The van der Waals surface area contributed by atoms with Gasteiger partial charge in [-0.1, -0.05) is 6.07 Å². The molecule has 0 bridgehead atoms. The Balaban J connectivity index is 2.48. The van der Waals surface area contributed by atoms with E-state index in [2.05, 4.69) is 0 Å². The molecule has 0 amide bonds. The molecule has 0 radical (unpaired) electrons. The molecule has 2 atom stereocenters. The van der Waals surface area contributed by atoms with Gasteiger partial charge in [0.1, 0.15) is 11.0 Å². The van der Waals surface area contributed by atoms with Crippen molar-refractivity contribution in [1.82, 2.24) is 0 Å². The predicted molar refractivity (Wildman–Crippen MR) is 91.9 cm³/mol. The van der Waals surface area contributed by atoms with Crippen LogP contribution in [0.25, 0.3) is 0 Å². The van der Waals surface area contributed by atoms with Crippen LogP contribution in [0.1, 0.15) is 39.7 Å². The lowest BCUT2D eigenvalue weighted by Crippen LogP contribution is -2.34. The van der Waals surface area contributed by atoms with Crippen LogP contribution in [0, 0.1) is 16.0 Å². The van der Waals surface area contributed by atoms with E-state index in [-0.39, 0.29) is 24.5 Å². The summed E-state index contributed by atoms with van der Waals surface area (Å²) in [6.45, 7) is 7.08. The van der Waals surface area contributed by atoms with E-state index in [4.69, 9.17) is 14.2 Å². The summed E-state index contributed by atoms with van der Waals surface area (Å²) in [5, 5.41) is 11.1. The van der Waals surface area contributed by atoms with Crippen molar-refractivity contribution in [2.75, 3.05) is 13.7 Å². The summed E-state index contributed by atoms with van der Waals surface area (Å²) >= 11 is 0. The standard InChI is InChI=1S/C18H23NO7/c1-6-25-15(20)12-10-18(12,16(21)26-17(2,3)4)11-7-8-13(19(22)23)14(9-11)24-5/h7-9,12H,6,10H2,1-5H3. The highest BCUT2D eigenvalue weighted by Crippen LogP contribution is 2.57. The van der Waals surface area contributed by atoms with Crippen LogP contribution >= 0.6 is 0 Å². The van der Waals surface area contributed by atoms with Crippen LogP contribution in [-0.2, 0) is 24.5 Å². The largest absolute Gasteiger partial charge is 0.490 e. The van der Waals surface area contributed by atoms with Crippen molar-refractivity contribution < 1.29 is 28.7 Å². The van der Waals surface area contributed by atoms with Crippen molar-refractivity contribution in [3.63, 3.8) is 0 Å². The molecule has 1 aromatic carbocycles. The number of esters is 2. The van der Waals surface area contributed by atoms with E-state index in [9.17, 15) is 19.7 Å². The van der Waals surface area contributed by atoms with Gasteiger partial charge in [0.15, 0.2) is 5.75 Å². The molecule has 1 aromatic rings. The number of nitrogens with zero attached hydrogens (tertiary/aromatic N) is 1. The summed E-state index contributed by atoms with van der Waals surface area (Å²) in [4.78, 5) is 35.6. The smallest absolute Gasteiger partial charge is 0.318 e. The number of carbonyl (C=O) groups excluding carboxylic acids is 2. The van der Waals surface area contributed by atoms with Gasteiger partial charge in [-0.3, -0.25) is 19.7 Å². The van der Waals surface area contributed by atoms with Crippen LogP contribution in [0.4, 0.5) is 5.69 Å². The van der Waals surface area contributed by atoms with E-state index in [0.29, 0.717) is 5.56 Å². The van der Waals surface area contributed by atoms with Gasteiger partial charge in [-0.15, -0.1) is 0 Å². The van der Waals surface area contributed by atoms with Gasteiger partial charge in [-0.05, 0) is 45.7 Å². The molecule has 1 aliphatic carbocycles. The van der Waals surface area contributed by atoms with Crippen molar-refractivity contribution in [1.29, 1.82) is 0 Å². The Kier molecular flexibility index (Phi) is 5.25. The Bertz CT molecular complexity index is 738. The second kappa shape index (κ2) is 6.93. The number of ether oxygens (including phenoxy) is 3. The maximum absolute atomic E-state index is 12.9. The predicted octanol–water partition coefficient (Wildman–Crippen LogP) is 2.77. The Morgan fingerprint density at radius 3 is 2.50 bits per heavy atom. The molecule has 0 aromatic heterocycles. The molecule has 1 saturated carbocycles. The highest BCUT2D eigenvalue weighted by atomic mass is 16.6. The topological polar surface area (TPSA) is 105 Å². The summed E-state index contributed by atoms with van der Waals surface area (Å²) in [5.74, 6) is -1.72. The molecule has 0 aliphatic heterocycles. The summed E-state index contributed by atoms with van der Waals surface area (Å²) in [6.07, 6.45) is 0.224. The highest BCUT2D eigenvalue weighted by Gasteiger charge is 2.67. The van der Waals surface area contributed by atoms with E-state index in [1.165, 1.54) is 25.3 Å². The summed E-state index contributed by atoms with van der Waals surface area (Å²) in [6, 6.07) is 4.14. The fraction of sp³-hybridized carbons (Fsp3) is 0.556. The second-order valence-corrected chi connectivity index (χ2v) is 7.13. The van der Waals surface area contributed by atoms with Gasteiger partial charge in [-0.25, -0.2) is 0 Å². The number of hydrogen-bond donors (Lipinski definition) is 0. The van der Waals surface area contributed by atoms with Gasteiger partial charge in [0, 0.05) is 6.07 Å². The van der Waals surface area contributed by atoms with Gasteiger partial charge in [-0.2, -0.15) is 0 Å². The summed E-state index contributed by atoms with van der Waals surface area (Å²) in [7, 11) is 1.31. The normalized spacial score (nSPS) is 21.7. The Hall–Kier alpha value is -2.64. The number of carbonyl (C=O) groups is 2. The van der Waals surface area contributed by atoms with Crippen molar-refractivity contribution >= 4 is 17.6 Å². The van der Waals surface area contributed by atoms with Crippen molar-refractivity contribution in [2.24, 2.45) is 5.92 Å². The maximum atomic E-state index is 12.9. The second-order valence-electron chi connectivity index (χ2n) is 7.13. The molecule has 8 nitrogen and oxygen atoms in total. The third-order valence-corrected chi connectivity index (χ3v) is 4.19. The minimum Gasteiger partial charge on any atom is -0.490 e. The average Bonchev–Trinajstić information content (AvgIpc) is 3.30. The first-order valence-electron chi connectivity index (χ1n) is 8.29. The van der Waals surface area contributed by atoms with Crippen LogP contribution in [0.5, 0.6) is 5.75 Å². The molecule has 1 fully saturated rings. The number of benzene rings is 1. The Morgan fingerprint density at radius 1 is 1.35 bits per heavy atom. The number of methoxy groups -OCH3 is 1. The van der Waals surface area contributed by atoms with Gasteiger partial charge in [0.05, 0.1) is 24.6 Å². The lowest BCUT2D eigenvalue weighted by molar-refractivity contribution is -0.385. The highest BCUT2D eigenvalue weighted by molar-refractivity contribution is 5.96. The molecule has 142 valence electrons. The molecular weight excluding hydrogens is 342 g/mol. The molecule has 26 heavy (non-hydrogen) atoms. The molecular formula is C18H23NO7. The van der Waals surface area contributed by atoms with Gasteiger partial charge in [0.25, 0.3) is 0 Å². The van der Waals surface area contributed by atoms with Crippen LogP contribution in [0.2, 0.25) is 0 Å². The third-order valence-electron chi connectivity index (χ3n) is 4.19. The zero-order valence-corrected chi connectivity index (χ0v) is 15.5. The van der Waals surface area contributed by atoms with Crippen molar-refractivity contribution in [3.05, 3.63) is 33.9 Å². The van der Waals surface area contributed by atoms with E-state index < -0.39 is 33.8 Å². The molecule has 0 saturated heterocycles. The minimum atomic E-state index is -1.22. The number of rotatable bonds is 6. The summed E-state index contributed by atoms with van der Waals surface area (Å²) < 4.78 is 15.6. The minimum absolute atomic E-state index is 0.0185. The molecule has 1 aliphatic rings. The monoisotopic (exact) mass is 365 g/mol. The molecule has 8 heteroatoms. The number of hydrogen-bond acceptors (Lipinski definition) is 7. The van der Waals surface area contributed by atoms with Crippen LogP contribution in [0.3, 0.4) is 0 Å². The van der Waals surface area contributed by atoms with Crippen LogP contribution < -0.4 is 4.74 Å². The van der Waals surface area contributed by atoms with Crippen molar-refractivity contribution in [3.8, 4) is 5.75 Å². The maximum Gasteiger partial charge on any atom is 0.318 e. The van der Waals surface area contributed by atoms with Gasteiger partial charge < -0.3 is 14.2 Å². The zero-order chi connectivity index (χ0) is 19.7. The van der Waals surface area contributed by atoms with Crippen molar-refractivity contribution in [2.45, 2.75) is 45.1 Å². The first-order chi connectivity index (χ1) is 12.1. The molecule has 0 spiro atoms. The van der Waals surface area contributed by atoms with E-state index >= 15 is 0 Å². The van der Waals surface area contributed by atoms with Crippen LogP contribution in [-0.4, -0.2) is 36.2 Å².